The van der Waals surface area contributed by atoms with Crippen molar-refractivity contribution < 1.29 is 32.3 Å². The lowest BCUT2D eigenvalue weighted by Gasteiger charge is -2.31. The van der Waals surface area contributed by atoms with Crippen LogP contribution in [0.15, 0.2) is 24.4 Å². The van der Waals surface area contributed by atoms with Crippen LogP contribution in [0.25, 0.3) is 0 Å². The van der Waals surface area contributed by atoms with Crippen LogP contribution in [0.3, 0.4) is 0 Å². The minimum atomic E-state index is -4.60. The molecule has 14 heteroatoms. The number of alkyl halides is 3. The third-order valence-electron chi connectivity index (χ3n) is 4.74. The van der Waals surface area contributed by atoms with Crippen molar-refractivity contribution in [1.29, 1.82) is 0 Å². The number of rotatable bonds is 5. The van der Waals surface area contributed by atoms with Crippen LogP contribution in [0.4, 0.5) is 23.7 Å². The van der Waals surface area contributed by atoms with Gasteiger partial charge >= 0.3 is 12.3 Å². The maximum Gasteiger partial charge on any atom is 0.422 e. The Bertz CT molecular complexity index is 1020. The van der Waals surface area contributed by atoms with Gasteiger partial charge < -0.3 is 20.3 Å². The molecule has 3 amide bonds. The van der Waals surface area contributed by atoms with E-state index in [1.807, 2.05) is 0 Å². The fraction of sp³-hybridized carbons (Fsp3) is 0.368. The van der Waals surface area contributed by atoms with Crippen molar-refractivity contribution in [3.05, 3.63) is 45.7 Å². The molecule has 3 N–H and O–H groups in total. The van der Waals surface area contributed by atoms with E-state index in [9.17, 15) is 27.6 Å². The van der Waals surface area contributed by atoms with Gasteiger partial charge in [0.25, 0.3) is 11.8 Å². The van der Waals surface area contributed by atoms with Gasteiger partial charge in [-0.25, -0.2) is 4.79 Å². The van der Waals surface area contributed by atoms with Crippen LogP contribution in [0.2, 0.25) is 10.0 Å². The van der Waals surface area contributed by atoms with Crippen molar-refractivity contribution in [2.75, 3.05) is 25.0 Å². The van der Waals surface area contributed by atoms with Gasteiger partial charge in [0.1, 0.15) is 0 Å². The van der Waals surface area contributed by atoms with E-state index in [0.717, 1.165) is 4.90 Å². The molecule has 9 nitrogen and oxygen atoms in total. The second-order valence-electron chi connectivity index (χ2n) is 7.10. The Hall–Kier alpha value is -2.99. The van der Waals surface area contributed by atoms with Gasteiger partial charge in [0.15, 0.2) is 12.3 Å². The van der Waals surface area contributed by atoms with Crippen LogP contribution in [-0.4, -0.2) is 64.9 Å². The molecule has 0 atom stereocenters. The van der Waals surface area contributed by atoms with Crippen molar-refractivity contribution in [1.82, 2.24) is 20.4 Å². The highest BCUT2D eigenvalue weighted by Crippen LogP contribution is 2.26. The minimum Gasteiger partial charge on any atom is -0.440 e. The maximum atomic E-state index is 12.6. The number of benzene rings is 1. The molecule has 0 spiro atoms. The largest absolute Gasteiger partial charge is 0.440 e. The molecule has 2 heterocycles. The number of carbonyl (C=O) groups excluding carboxylic acids is 3. The summed E-state index contributed by atoms with van der Waals surface area (Å²) in [6, 6.07) is 4.22. The van der Waals surface area contributed by atoms with Gasteiger partial charge in [-0.2, -0.15) is 18.3 Å². The molecule has 1 aromatic heterocycles. The predicted molar refractivity (Wildman–Crippen MR) is 112 cm³/mol. The van der Waals surface area contributed by atoms with Gasteiger partial charge in [-0.15, -0.1) is 0 Å². The SMILES string of the molecule is O=C(NC1CCN(C(=O)OCC(F)(F)F)CC1)c1n[nH]cc1NC(=O)c1c(Cl)cccc1Cl. The first-order valence-electron chi connectivity index (χ1n) is 9.63. The highest BCUT2D eigenvalue weighted by Gasteiger charge is 2.32. The zero-order valence-corrected chi connectivity index (χ0v) is 18.4. The zero-order valence-electron chi connectivity index (χ0n) is 16.8. The predicted octanol–water partition coefficient (Wildman–Crippen LogP) is 3.86. The molecule has 0 unspecified atom stereocenters. The number of anilines is 1. The second-order valence-corrected chi connectivity index (χ2v) is 7.92. The molecule has 1 saturated heterocycles. The highest BCUT2D eigenvalue weighted by atomic mass is 35.5. The number of halogens is 5. The molecule has 1 aliphatic rings. The number of aromatic amines is 1. The molecule has 0 saturated carbocycles. The number of hydrogen-bond acceptors (Lipinski definition) is 5. The van der Waals surface area contributed by atoms with Crippen LogP contribution >= 0.6 is 23.2 Å². The summed E-state index contributed by atoms with van der Waals surface area (Å²) in [6.07, 6.45) is -3.75. The van der Waals surface area contributed by atoms with Crippen LogP contribution in [0.5, 0.6) is 0 Å². The van der Waals surface area contributed by atoms with Crippen LogP contribution in [0.1, 0.15) is 33.7 Å². The lowest BCUT2D eigenvalue weighted by Crippen LogP contribution is -2.47. The van der Waals surface area contributed by atoms with Crippen molar-refractivity contribution >= 4 is 46.8 Å². The van der Waals surface area contributed by atoms with Crippen LogP contribution < -0.4 is 10.6 Å². The summed E-state index contributed by atoms with van der Waals surface area (Å²) in [5.74, 6) is -1.22. The number of aromatic nitrogens is 2. The molecule has 178 valence electrons. The number of ether oxygens (including phenoxy) is 1. The highest BCUT2D eigenvalue weighted by molar-refractivity contribution is 6.40. The molecule has 0 bridgehead atoms. The number of nitrogens with zero attached hydrogens (tertiary/aromatic N) is 2. The molecule has 0 aliphatic carbocycles. The van der Waals surface area contributed by atoms with E-state index in [-0.39, 0.29) is 46.1 Å². The van der Waals surface area contributed by atoms with Crippen molar-refractivity contribution in [2.24, 2.45) is 0 Å². The number of carbonyl (C=O) groups is 3. The van der Waals surface area contributed by atoms with Gasteiger partial charge in [-0.05, 0) is 25.0 Å². The molecule has 1 aliphatic heterocycles. The summed E-state index contributed by atoms with van der Waals surface area (Å²) in [4.78, 5) is 38.1. The van der Waals surface area contributed by atoms with Gasteiger partial charge in [0.2, 0.25) is 0 Å². The third-order valence-corrected chi connectivity index (χ3v) is 5.37. The molecule has 33 heavy (non-hydrogen) atoms. The molecule has 3 rings (SSSR count). The minimum absolute atomic E-state index is 0.0400. The van der Waals surface area contributed by atoms with Crippen LogP contribution in [-0.2, 0) is 4.74 Å². The molecule has 1 aromatic carbocycles. The second kappa shape index (κ2) is 10.3. The van der Waals surface area contributed by atoms with Gasteiger partial charge in [-0.1, -0.05) is 29.3 Å². The molecule has 0 radical (unpaired) electrons. The van der Waals surface area contributed by atoms with E-state index in [1.54, 1.807) is 6.07 Å². The molecule has 2 aromatic rings. The smallest absolute Gasteiger partial charge is 0.422 e. The summed E-state index contributed by atoms with van der Waals surface area (Å²) in [6.45, 7) is -1.44. The third kappa shape index (κ3) is 6.51. The van der Waals surface area contributed by atoms with E-state index in [2.05, 4.69) is 25.6 Å². The van der Waals surface area contributed by atoms with Crippen LogP contribution in [0, 0.1) is 0 Å². The van der Waals surface area contributed by atoms with E-state index >= 15 is 0 Å². The number of amides is 3. The maximum absolute atomic E-state index is 12.6. The molecular weight excluding hydrogens is 490 g/mol. The fourth-order valence-electron chi connectivity index (χ4n) is 3.15. The van der Waals surface area contributed by atoms with Crippen molar-refractivity contribution in [3.63, 3.8) is 0 Å². The first-order valence-corrected chi connectivity index (χ1v) is 10.4. The fourth-order valence-corrected chi connectivity index (χ4v) is 3.72. The standard InChI is InChI=1S/C19H18Cl2F3N5O4/c20-11-2-1-3-12(21)14(11)16(30)27-13-8-25-28-15(13)17(31)26-10-4-6-29(7-5-10)18(32)33-9-19(22,23)24/h1-3,8,10H,4-7,9H2,(H,25,28)(H,26,31)(H,27,30). The Balaban J connectivity index is 1.55. The van der Waals surface area contributed by atoms with Gasteiger partial charge in [0, 0.05) is 25.3 Å². The average Bonchev–Trinajstić information content (AvgIpc) is 3.20. The quantitative estimate of drug-likeness (QED) is 0.568. The average molecular weight is 508 g/mol. The summed E-state index contributed by atoms with van der Waals surface area (Å²) >= 11 is 12.1. The number of piperidine rings is 1. The summed E-state index contributed by atoms with van der Waals surface area (Å²) in [5.41, 5.74) is 0.0540. The first kappa shape index (κ1) is 24.6. The van der Waals surface area contributed by atoms with Crippen molar-refractivity contribution in [2.45, 2.75) is 25.1 Å². The zero-order chi connectivity index (χ0) is 24.2. The lowest BCUT2D eigenvalue weighted by molar-refractivity contribution is -0.162. The topological polar surface area (TPSA) is 116 Å². The van der Waals surface area contributed by atoms with Crippen molar-refractivity contribution in [3.8, 4) is 0 Å². The number of nitrogens with one attached hydrogen (secondary N) is 3. The normalized spacial score (nSPS) is 14.6. The number of H-pyrrole nitrogens is 1. The van der Waals surface area contributed by atoms with E-state index in [1.165, 1.54) is 18.3 Å². The molecule has 1 fully saturated rings. The first-order chi connectivity index (χ1) is 15.5. The Morgan fingerprint density at radius 2 is 1.79 bits per heavy atom. The van der Waals surface area contributed by atoms with Gasteiger partial charge in [0.05, 0.1) is 21.3 Å². The van der Waals surface area contributed by atoms with Gasteiger partial charge in [-0.3, -0.25) is 14.7 Å². The summed E-state index contributed by atoms with van der Waals surface area (Å²) in [7, 11) is 0. The Morgan fingerprint density at radius 3 is 2.39 bits per heavy atom. The van der Waals surface area contributed by atoms with E-state index in [4.69, 9.17) is 23.2 Å². The monoisotopic (exact) mass is 507 g/mol. The van der Waals surface area contributed by atoms with E-state index in [0.29, 0.717) is 12.8 Å². The summed E-state index contributed by atoms with van der Waals surface area (Å²) < 4.78 is 40.8. The summed E-state index contributed by atoms with van der Waals surface area (Å²) in [5, 5.41) is 11.9. The number of likely N-dealkylation sites (tertiary alicyclic amines) is 1. The molecular formula is C19H18Cl2F3N5O4. The Morgan fingerprint density at radius 1 is 1.15 bits per heavy atom. The lowest BCUT2D eigenvalue weighted by atomic mass is 10.1. The van der Waals surface area contributed by atoms with E-state index < -0.39 is 30.7 Å². The Labute approximate surface area is 195 Å². The number of hydrogen-bond donors (Lipinski definition) is 3. The Kier molecular flexibility index (Phi) is 7.69.